The van der Waals surface area contributed by atoms with E-state index in [1.54, 1.807) is 6.92 Å². The number of hydrogen-bond acceptors (Lipinski definition) is 5. The van der Waals surface area contributed by atoms with Gasteiger partial charge in [0.15, 0.2) is 5.79 Å². The molecule has 3 rings (SSSR count). The zero-order chi connectivity index (χ0) is 11.6. The Balaban J connectivity index is 1.93. The lowest BCUT2D eigenvalue weighted by Gasteiger charge is -2.32. The molecule has 16 heavy (non-hydrogen) atoms. The van der Waals surface area contributed by atoms with E-state index in [0.717, 1.165) is 12.8 Å². The molecule has 0 spiro atoms. The van der Waals surface area contributed by atoms with E-state index in [0.29, 0.717) is 6.42 Å². The summed E-state index contributed by atoms with van der Waals surface area (Å²) in [6, 6.07) is 0.382. The predicted molar refractivity (Wildman–Crippen MR) is 56.2 cm³/mol. The van der Waals surface area contributed by atoms with Gasteiger partial charge in [-0.25, -0.2) is 0 Å². The second-order valence-electron chi connectivity index (χ2n) is 5.75. The van der Waals surface area contributed by atoms with Crippen molar-refractivity contribution in [3.63, 3.8) is 0 Å². The van der Waals surface area contributed by atoms with Crippen molar-refractivity contribution < 1.29 is 15.2 Å². The molecular formula is C11H20N2O3. The quantitative estimate of drug-likeness (QED) is 0.649. The first kappa shape index (κ1) is 10.9. The van der Waals surface area contributed by atoms with E-state index >= 15 is 0 Å². The molecule has 2 saturated heterocycles. The van der Waals surface area contributed by atoms with Gasteiger partial charge in [-0.2, -0.15) is 10.1 Å². The van der Waals surface area contributed by atoms with E-state index in [1.165, 1.54) is 17.9 Å². The van der Waals surface area contributed by atoms with Gasteiger partial charge in [0.2, 0.25) is 0 Å². The molecule has 4 atom stereocenters. The highest BCUT2D eigenvalue weighted by Gasteiger charge is 2.63. The average Bonchev–Trinajstić information content (AvgIpc) is 2.57. The Labute approximate surface area is 95.5 Å². The molecule has 0 aromatic carbocycles. The van der Waals surface area contributed by atoms with E-state index in [-0.39, 0.29) is 12.1 Å². The normalized spacial score (nSPS) is 54.0. The molecule has 1 saturated carbocycles. The Morgan fingerprint density at radius 3 is 2.50 bits per heavy atom. The van der Waals surface area contributed by atoms with Crippen LogP contribution in [0, 0.1) is 0 Å². The summed E-state index contributed by atoms with van der Waals surface area (Å²) < 4.78 is 0. The molecule has 0 bridgehead atoms. The first-order chi connectivity index (χ1) is 7.44. The van der Waals surface area contributed by atoms with Crippen LogP contribution in [-0.2, 0) is 4.84 Å². The Bertz CT molecular complexity index is 310. The average molecular weight is 228 g/mol. The Morgan fingerprint density at radius 1 is 1.19 bits per heavy atom. The topological polar surface area (TPSA) is 56.2 Å². The standard InChI is InChI=1S/C11H20N2O3/c1-10-7-11(2,14)16-13(10)9-6-4-3-5-8(9)12(10)15/h8-9,14-15H,3-7H2,1-2H3/t8-,9+,10-,11+/m1/s1. The van der Waals surface area contributed by atoms with Crippen molar-refractivity contribution in [3.05, 3.63) is 0 Å². The first-order valence-corrected chi connectivity index (χ1v) is 6.13. The van der Waals surface area contributed by atoms with E-state index in [4.69, 9.17) is 4.84 Å². The lowest BCUT2D eigenvalue weighted by Crippen LogP contribution is -2.47. The molecule has 0 amide bonds. The fourth-order valence-electron chi connectivity index (χ4n) is 3.66. The molecule has 1 aliphatic carbocycles. The third-order valence-electron chi connectivity index (χ3n) is 4.24. The van der Waals surface area contributed by atoms with Gasteiger partial charge >= 0.3 is 0 Å². The molecule has 3 fully saturated rings. The lowest BCUT2D eigenvalue weighted by molar-refractivity contribution is -0.300. The fraction of sp³-hybridized carbons (Fsp3) is 1.00. The monoisotopic (exact) mass is 228 g/mol. The van der Waals surface area contributed by atoms with Crippen LogP contribution in [0.3, 0.4) is 0 Å². The minimum absolute atomic E-state index is 0.162. The highest BCUT2D eigenvalue weighted by molar-refractivity contribution is 5.04. The third-order valence-corrected chi connectivity index (χ3v) is 4.24. The van der Waals surface area contributed by atoms with Gasteiger partial charge in [-0.05, 0) is 26.7 Å². The van der Waals surface area contributed by atoms with Crippen LogP contribution >= 0.6 is 0 Å². The minimum Gasteiger partial charge on any atom is -0.364 e. The van der Waals surface area contributed by atoms with Crippen molar-refractivity contribution in [1.82, 2.24) is 10.1 Å². The fourth-order valence-corrected chi connectivity index (χ4v) is 3.66. The molecule has 0 radical (unpaired) electrons. The van der Waals surface area contributed by atoms with Crippen molar-refractivity contribution in [1.29, 1.82) is 0 Å². The zero-order valence-electron chi connectivity index (χ0n) is 9.89. The summed E-state index contributed by atoms with van der Waals surface area (Å²) in [7, 11) is 0. The number of nitrogens with zero attached hydrogens (tertiary/aromatic N) is 2. The third kappa shape index (κ3) is 1.29. The number of fused-ring (bicyclic) bond motifs is 3. The van der Waals surface area contributed by atoms with Crippen molar-refractivity contribution >= 4 is 0 Å². The molecule has 0 aromatic rings. The highest BCUT2D eigenvalue weighted by Crippen LogP contribution is 2.49. The summed E-state index contributed by atoms with van der Waals surface area (Å²) in [6.45, 7) is 3.59. The van der Waals surface area contributed by atoms with Crippen molar-refractivity contribution in [2.24, 2.45) is 0 Å². The summed E-state index contributed by atoms with van der Waals surface area (Å²) in [5.74, 6) is -1.15. The van der Waals surface area contributed by atoms with Crippen molar-refractivity contribution in [2.45, 2.75) is 69.5 Å². The van der Waals surface area contributed by atoms with Crippen LogP contribution in [0.1, 0.15) is 46.0 Å². The molecule has 0 unspecified atom stereocenters. The molecular weight excluding hydrogens is 208 g/mol. The van der Waals surface area contributed by atoms with Crippen molar-refractivity contribution in [2.75, 3.05) is 0 Å². The molecule has 2 heterocycles. The van der Waals surface area contributed by atoms with Crippen LogP contribution < -0.4 is 0 Å². The molecule has 2 N–H and O–H groups in total. The minimum atomic E-state index is -1.15. The predicted octanol–water partition coefficient (Wildman–Crippen LogP) is 1.06. The van der Waals surface area contributed by atoms with E-state index in [2.05, 4.69) is 0 Å². The maximum Gasteiger partial charge on any atom is 0.185 e. The summed E-state index contributed by atoms with van der Waals surface area (Å²) >= 11 is 0. The second-order valence-corrected chi connectivity index (χ2v) is 5.75. The smallest absolute Gasteiger partial charge is 0.185 e. The Hall–Kier alpha value is -0.200. The van der Waals surface area contributed by atoms with Gasteiger partial charge in [-0.1, -0.05) is 12.8 Å². The van der Waals surface area contributed by atoms with Crippen LogP contribution in [0.25, 0.3) is 0 Å². The summed E-state index contributed by atoms with van der Waals surface area (Å²) in [5.41, 5.74) is -0.566. The molecule has 5 heteroatoms. The van der Waals surface area contributed by atoms with Crippen molar-refractivity contribution in [3.8, 4) is 0 Å². The van der Waals surface area contributed by atoms with Gasteiger partial charge in [0.1, 0.15) is 5.66 Å². The zero-order valence-corrected chi connectivity index (χ0v) is 9.89. The maximum atomic E-state index is 10.3. The van der Waals surface area contributed by atoms with Gasteiger partial charge in [0.25, 0.3) is 0 Å². The lowest BCUT2D eigenvalue weighted by atomic mass is 9.91. The SMILES string of the molecule is C[C@]12C[C@@](C)(O)ON1[C@H]1CCCC[C@H]1N2O. The number of hydrogen-bond donors (Lipinski definition) is 2. The highest BCUT2D eigenvalue weighted by atomic mass is 16.8. The van der Waals surface area contributed by atoms with Crippen LogP contribution in [0.2, 0.25) is 0 Å². The van der Waals surface area contributed by atoms with E-state index < -0.39 is 11.4 Å². The van der Waals surface area contributed by atoms with E-state index in [1.807, 2.05) is 12.0 Å². The van der Waals surface area contributed by atoms with Crippen LogP contribution in [0.15, 0.2) is 0 Å². The van der Waals surface area contributed by atoms with Crippen LogP contribution in [-0.4, -0.2) is 44.0 Å². The Kier molecular flexibility index (Phi) is 2.17. The molecule has 92 valence electrons. The summed E-state index contributed by atoms with van der Waals surface area (Å²) in [4.78, 5) is 5.60. The number of rotatable bonds is 0. The Morgan fingerprint density at radius 2 is 1.81 bits per heavy atom. The first-order valence-electron chi connectivity index (χ1n) is 6.13. The largest absolute Gasteiger partial charge is 0.364 e. The molecule has 2 aliphatic heterocycles. The summed E-state index contributed by atoms with van der Waals surface area (Å²) in [5, 5.41) is 23.5. The van der Waals surface area contributed by atoms with E-state index in [9.17, 15) is 10.3 Å². The molecule has 0 aromatic heterocycles. The molecule has 5 nitrogen and oxygen atoms in total. The van der Waals surface area contributed by atoms with Crippen LogP contribution in [0.4, 0.5) is 0 Å². The van der Waals surface area contributed by atoms with Gasteiger partial charge < -0.3 is 10.3 Å². The van der Waals surface area contributed by atoms with Crippen LogP contribution in [0.5, 0.6) is 0 Å². The van der Waals surface area contributed by atoms with Gasteiger partial charge in [0.05, 0.1) is 12.1 Å². The maximum absolute atomic E-state index is 10.3. The molecule has 3 aliphatic rings. The number of hydroxylamine groups is 4. The van der Waals surface area contributed by atoms with Gasteiger partial charge in [-0.15, -0.1) is 0 Å². The second kappa shape index (κ2) is 3.17. The summed E-state index contributed by atoms with van der Waals surface area (Å²) in [6.07, 6.45) is 4.81. The van der Waals surface area contributed by atoms with Gasteiger partial charge in [0, 0.05) is 6.42 Å². The van der Waals surface area contributed by atoms with Gasteiger partial charge in [-0.3, -0.25) is 4.84 Å². The number of aliphatic hydroxyl groups is 1.